The standard InChI is InChI=1S/C16H23N3/c1-12(2)17-10-16-7-8-19(18-16)11-15-6-5-13(3)14(4)9-15/h5-9,12,17H,10-11H2,1-4H3. The minimum Gasteiger partial charge on any atom is -0.309 e. The van der Waals surface area contributed by atoms with E-state index < -0.39 is 0 Å². The maximum Gasteiger partial charge on any atom is 0.0762 e. The zero-order valence-electron chi connectivity index (χ0n) is 12.3. The summed E-state index contributed by atoms with van der Waals surface area (Å²) in [5.41, 5.74) is 5.07. The molecule has 0 aliphatic carbocycles. The molecule has 0 fully saturated rings. The molecule has 3 heteroatoms. The van der Waals surface area contributed by atoms with Crippen molar-refractivity contribution >= 4 is 0 Å². The largest absolute Gasteiger partial charge is 0.309 e. The summed E-state index contributed by atoms with van der Waals surface area (Å²) in [5.74, 6) is 0. The van der Waals surface area contributed by atoms with Gasteiger partial charge in [-0.15, -0.1) is 0 Å². The maximum atomic E-state index is 4.58. The number of aryl methyl sites for hydroxylation is 2. The van der Waals surface area contributed by atoms with Gasteiger partial charge in [0, 0.05) is 18.8 Å². The Balaban J connectivity index is 2.01. The van der Waals surface area contributed by atoms with Crippen LogP contribution in [0.25, 0.3) is 0 Å². The fourth-order valence-corrected chi connectivity index (χ4v) is 1.98. The van der Waals surface area contributed by atoms with Crippen molar-refractivity contribution in [2.75, 3.05) is 0 Å². The summed E-state index contributed by atoms with van der Waals surface area (Å²) in [6.07, 6.45) is 2.05. The molecular formula is C16H23N3. The molecule has 0 radical (unpaired) electrons. The molecule has 19 heavy (non-hydrogen) atoms. The van der Waals surface area contributed by atoms with Crippen molar-refractivity contribution in [1.82, 2.24) is 15.1 Å². The first-order chi connectivity index (χ1) is 9.04. The third kappa shape index (κ3) is 3.93. The third-order valence-electron chi connectivity index (χ3n) is 3.30. The molecule has 0 saturated carbocycles. The maximum absolute atomic E-state index is 4.58. The second kappa shape index (κ2) is 6.02. The summed E-state index contributed by atoms with van der Waals surface area (Å²) >= 11 is 0. The van der Waals surface area contributed by atoms with E-state index in [1.807, 2.05) is 10.9 Å². The Bertz CT molecular complexity index is 541. The first-order valence-electron chi connectivity index (χ1n) is 6.86. The van der Waals surface area contributed by atoms with Crippen molar-refractivity contribution in [2.45, 2.75) is 46.8 Å². The molecule has 0 unspecified atom stereocenters. The monoisotopic (exact) mass is 257 g/mol. The lowest BCUT2D eigenvalue weighted by Crippen LogP contribution is -2.22. The predicted octanol–water partition coefficient (Wildman–Crippen LogP) is 3.05. The number of hydrogen-bond donors (Lipinski definition) is 1. The lowest BCUT2D eigenvalue weighted by molar-refractivity contribution is 0.570. The van der Waals surface area contributed by atoms with E-state index in [4.69, 9.17) is 0 Å². The van der Waals surface area contributed by atoms with Crippen molar-refractivity contribution in [3.05, 3.63) is 52.8 Å². The highest BCUT2D eigenvalue weighted by molar-refractivity contribution is 5.30. The van der Waals surface area contributed by atoms with E-state index in [2.05, 4.69) is 62.4 Å². The molecule has 102 valence electrons. The van der Waals surface area contributed by atoms with E-state index in [1.165, 1.54) is 16.7 Å². The van der Waals surface area contributed by atoms with Crippen LogP contribution >= 0.6 is 0 Å². The van der Waals surface area contributed by atoms with E-state index in [9.17, 15) is 0 Å². The van der Waals surface area contributed by atoms with Gasteiger partial charge in [0.15, 0.2) is 0 Å². The van der Waals surface area contributed by atoms with Crippen LogP contribution in [0.1, 0.15) is 36.2 Å². The van der Waals surface area contributed by atoms with Crippen molar-refractivity contribution in [1.29, 1.82) is 0 Å². The highest BCUT2D eigenvalue weighted by atomic mass is 15.3. The van der Waals surface area contributed by atoms with Gasteiger partial charge < -0.3 is 5.32 Å². The molecule has 1 heterocycles. The molecule has 1 N–H and O–H groups in total. The summed E-state index contributed by atoms with van der Waals surface area (Å²) in [6, 6.07) is 9.16. The molecule has 0 bridgehead atoms. The van der Waals surface area contributed by atoms with Crippen molar-refractivity contribution in [2.24, 2.45) is 0 Å². The smallest absolute Gasteiger partial charge is 0.0762 e. The second-order valence-corrected chi connectivity index (χ2v) is 5.46. The average Bonchev–Trinajstić information content (AvgIpc) is 2.79. The zero-order valence-corrected chi connectivity index (χ0v) is 12.3. The van der Waals surface area contributed by atoms with Gasteiger partial charge >= 0.3 is 0 Å². The molecule has 1 aromatic carbocycles. The lowest BCUT2D eigenvalue weighted by Gasteiger charge is -2.06. The molecule has 0 amide bonds. The molecule has 3 nitrogen and oxygen atoms in total. The molecular weight excluding hydrogens is 234 g/mol. The van der Waals surface area contributed by atoms with Gasteiger partial charge in [-0.3, -0.25) is 4.68 Å². The molecule has 2 rings (SSSR count). The van der Waals surface area contributed by atoms with Gasteiger partial charge in [0.2, 0.25) is 0 Å². The Morgan fingerprint density at radius 3 is 2.63 bits per heavy atom. The average molecular weight is 257 g/mol. The Morgan fingerprint density at radius 2 is 1.95 bits per heavy atom. The van der Waals surface area contributed by atoms with Gasteiger partial charge in [0.05, 0.1) is 12.2 Å². The van der Waals surface area contributed by atoms with Crippen LogP contribution in [0.3, 0.4) is 0 Å². The van der Waals surface area contributed by atoms with Gasteiger partial charge in [-0.2, -0.15) is 5.10 Å². The van der Waals surface area contributed by atoms with Crippen LogP contribution in [0, 0.1) is 13.8 Å². The van der Waals surface area contributed by atoms with E-state index in [0.29, 0.717) is 6.04 Å². The zero-order chi connectivity index (χ0) is 13.8. The summed E-state index contributed by atoms with van der Waals surface area (Å²) in [5, 5.41) is 7.96. The third-order valence-corrected chi connectivity index (χ3v) is 3.30. The molecule has 0 spiro atoms. The normalized spacial score (nSPS) is 11.2. The van der Waals surface area contributed by atoms with E-state index in [-0.39, 0.29) is 0 Å². The molecule has 0 aliphatic heterocycles. The van der Waals surface area contributed by atoms with Gasteiger partial charge in [-0.25, -0.2) is 0 Å². The summed E-state index contributed by atoms with van der Waals surface area (Å²) in [6.45, 7) is 10.3. The first kappa shape index (κ1) is 13.8. The minimum absolute atomic E-state index is 0.491. The Kier molecular flexibility index (Phi) is 4.38. The fraction of sp³-hybridized carbons (Fsp3) is 0.438. The van der Waals surface area contributed by atoms with Crippen LogP contribution in [0.4, 0.5) is 0 Å². The van der Waals surface area contributed by atoms with Crippen LogP contribution in [0.2, 0.25) is 0 Å². The van der Waals surface area contributed by atoms with E-state index in [0.717, 1.165) is 18.8 Å². The number of hydrogen-bond acceptors (Lipinski definition) is 2. The predicted molar refractivity (Wildman–Crippen MR) is 79.2 cm³/mol. The Labute approximate surface area is 115 Å². The van der Waals surface area contributed by atoms with Gasteiger partial charge in [-0.1, -0.05) is 32.0 Å². The van der Waals surface area contributed by atoms with Crippen molar-refractivity contribution < 1.29 is 0 Å². The molecule has 0 atom stereocenters. The van der Waals surface area contributed by atoms with Crippen LogP contribution in [0.5, 0.6) is 0 Å². The quantitative estimate of drug-likeness (QED) is 0.892. The molecule has 1 aromatic heterocycles. The highest BCUT2D eigenvalue weighted by Crippen LogP contribution is 2.11. The molecule has 2 aromatic rings. The number of nitrogens with one attached hydrogen (secondary N) is 1. The Morgan fingerprint density at radius 1 is 1.16 bits per heavy atom. The number of aromatic nitrogens is 2. The first-order valence-corrected chi connectivity index (χ1v) is 6.86. The molecule has 0 aliphatic rings. The minimum atomic E-state index is 0.491. The Hall–Kier alpha value is -1.61. The van der Waals surface area contributed by atoms with E-state index >= 15 is 0 Å². The summed E-state index contributed by atoms with van der Waals surface area (Å²) in [7, 11) is 0. The summed E-state index contributed by atoms with van der Waals surface area (Å²) in [4.78, 5) is 0. The number of nitrogens with zero attached hydrogens (tertiary/aromatic N) is 2. The lowest BCUT2D eigenvalue weighted by atomic mass is 10.1. The van der Waals surface area contributed by atoms with Crippen LogP contribution in [-0.4, -0.2) is 15.8 Å². The SMILES string of the molecule is Cc1ccc(Cn2ccc(CNC(C)C)n2)cc1C. The highest BCUT2D eigenvalue weighted by Gasteiger charge is 2.02. The van der Waals surface area contributed by atoms with Crippen molar-refractivity contribution in [3.8, 4) is 0 Å². The van der Waals surface area contributed by atoms with Crippen LogP contribution in [0.15, 0.2) is 30.5 Å². The second-order valence-electron chi connectivity index (χ2n) is 5.46. The van der Waals surface area contributed by atoms with Crippen LogP contribution < -0.4 is 5.32 Å². The topological polar surface area (TPSA) is 29.9 Å². The fourth-order valence-electron chi connectivity index (χ4n) is 1.98. The van der Waals surface area contributed by atoms with Gasteiger partial charge in [0.25, 0.3) is 0 Å². The van der Waals surface area contributed by atoms with Gasteiger partial charge in [-0.05, 0) is 36.6 Å². The number of benzene rings is 1. The van der Waals surface area contributed by atoms with Gasteiger partial charge in [0.1, 0.15) is 0 Å². The summed E-state index contributed by atoms with van der Waals surface area (Å²) < 4.78 is 2.00. The number of rotatable bonds is 5. The molecule has 0 saturated heterocycles. The van der Waals surface area contributed by atoms with Crippen LogP contribution in [-0.2, 0) is 13.1 Å². The van der Waals surface area contributed by atoms with E-state index in [1.54, 1.807) is 0 Å². The van der Waals surface area contributed by atoms with Crippen molar-refractivity contribution in [3.63, 3.8) is 0 Å².